The summed E-state index contributed by atoms with van der Waals surface area (Å²) in [5, 5.41) is 0. The third-order valence-corrected chi connectivity index (χ3v) is 1.46. The first-order valence-electron chi connectivity index (χ1n) is 3.91. The number of hydrogen-bond acceptors (Lipinski definition) is 1. The zero-order valence-corrected chi connectivity index (χ0v) is 6.68. The summed E-state index contributed by atoms with van der Waals surface area (Å²) in [6, 6.07) is 0. The molecule has 1 unspecified atom stereocenters. The van der Waals surface area contributed by atoms with Gasteiger partial charge in [0.2, 0.25) is 0 Å². The van der Waals surface area contributed by atoms with Crippen molar-refractivity contribution < 1.29 is 4.74 Å². The van der Waals surface area contributed by atoms with Crippen LogP contribution in [0, 0.1) is 17.8 Å². The van der Waals surface area contributed by atoms with Gasteiger partial charge < -0.3 is 4.74 Å². The topological polar surface area (TPSA) is 9.23 Å². The maximum Gasteiger partial charge on any atom is 0.118 e. The summed E-state index contributed by atoms with van der Waals surface area (Å²) < 4.78 is 5.33. The first-order valence-corrected chi connectivity index (χ1v) is 3.91. The largest absolute Gasteiger partial charge is 0.366 e. The molecule has 0 N–H and O–H groups in total. The van der Waals surface area contributed by atoms with Gasteiger partial charge in [0.25, 0.3) is 0 Å². The lowest BCUT2D eigenvalue weighted by Gasteiger charge is -1.97. The van der Waals surface area contributed by atoms with Crippen molar-refractivity contribution in [3.05, 3.63) is 0 Å². The molecular weight excluding hydrogens is 124 g/mol. The molecule has 1 fully saturated rings. The summed E-state index contributed by atoms with van der Waals surface area (Å²) in [6.07, 6.45) is 2.54. The van der Waals surface area contributed by atoms with Crippen LogP contribution in [0.3, 0.4) is 0 Å². The fraction of sp³-hybridized carbons (Fsp3) is 0.778. The molecule has 1 aliphatic heterocycles. The Morgan fingerprint density at radius 2 is 2.30 bits per heavy atom. The molecule has 0 aliphatic carbocycles. The third kappa shape index (κ3) is 2.41. The number of ether oxygens (including phenoxy) is 1. The van der Waals surface area contributed by atoms with Gasteiger partial charge in [0.1, 0.15) is 6.10 Å². The standard InChI is InChI=1S/C9H14O/c1-8(2)5-6-9-4-3-7-10-9/h8-9H,3-4,7H2,1-2H3. The van der Waals surface area contributed by atoms with Crippen molar-refractivity contribution in [3.63, 3.8) is 0 Å². The number of rotatable bonds is 0. The van der Waals surface area contributed by atoms with E-state index in [9.17, 15) is 0 Å². The Morgan fingerprint density at radius 3 is 2.80 bits per heavy atom. The van der Waals surface area contributed by atoms with Gasteiger partial charge in [0.15, 0.2) is 0 Å². The molecule has 1 atom stereocenters. The SMILES string of the molecule is CC(C)C#CC1CCCO1. The average molecular weight is 138 g/mol. The van der Waals surface area contributed by atoms with Crippen LogP contribution in [-0.4, -0.2) is 12.7 Å². The van der Waals surface area contributed by atoms with Gasteiger partial charge in [0, 0.05) is 12.5 Å². The van der Waals surface area contributed by atoms with Gasteiger partial charge in [-0.05, 0) is 12.8 Å². The molecule has 0 spiro atoms. The van der Waals surface area contributed by atoms with Crippen LogP contribution < -0.4 is 0 Å². The molecule has 10 heavy (non-hydrogen) atoms. The average Bonchev–Trinajstić information content (AvgIpc) is 2.34. The van der Waals surface area contributed by atoms with Crippen molar-refractivity contribution in [2.45, 2.75) is 32.8 Å². The Morgan fingerprint density at radius 1 is 1.50 bits per heavy atom. The maximum absolute atomic E-state index is 5.33. The minimum Gasteiger partial charge on any atom is -0.366 e. The second-order valence-corrected chi connectivity index (χ2v) is 2.95. The summed E-state index contributed by atoms with van der Waals surface area (Å²) in [5.41, 5.74) is 0. The fourth-order valence-corrected chi connectivity index (χ4v) is 0.951. The molecule has 0 aromatic carbocycles. The molecule has 0 bridgehead atoms. The maximum atomic E-state index is 5.33. The van der Waals surface area contributed by atoms with Crippen LogP contribution in [-0.2, 0) is 4.74 Å². The molecule has 0 amide bonds. The highest BCUT2D eigenvalue weighted by Crippen LogP contribution is 2.10. The highest BCUT2D eigenvalue weighted by atomic mass is 16.5. The molecule has 0 radical (unpaired) electrons. The van der Waals surface area contributed by atoms with E-state index < -0.39 is 0 Å². The summed E-state index contributed by atoms with van der Waals surface area (Å²) in [5.74, 6) is 6.70. The molecule has 1 heteroatoms. The minimum absolute atomic E-state index is 0.238. The molecule has 0 aromatic rings. The van der Waals surface area contributed by atoms with E-state index in [4.69, 9.17) is 4.74 Å². The quantitative estimate of drug-likeness (QED) is 0.464. The normalized spacial score (nSPS) is 24.5. The first kappa shape index (κ1) is 7.63. The van der Waals surface area contributed by atoms with Crippen LogP contribution >= 0.6 is 0 Å². The molecule has 1 rings (SSSR count). The van der Waals surface area contributed by atoms with Gasteiger partial charge in [0.05, 0.1) is 0 Å². The van der Waals surface area contributed by atoms with Crippen LogP contribution in [0.2, 0.25) is 0 Å². The third-order valence-electron chi connectivity index (χ3n) is 1.46. The first-order chi connectivity index (χ1) is 4.79. The van der Waals surface area contributed by atoms with Crippen LogP contribution in [0.4, 0.5) is 0 Å². The Hall–Kier alpha value is -0.480. The summed E-state index contributed by atoms with van der Waals surface area (Å²) in [6.45, 7) is 5.10. The summed E-state index contributed by atoms with van der Waals surface area (Å²) >= 11 is 0. The van der Waals surface area contributed by atoms with Crippen molar-refractivity contribution in [2.75, 3.05) is 6.61 Å². The smallest absolute Gasteiger partial charge is 0.118 e. The van der Waals surface area contributed by atoms with Gasteiger partial charge in [-0.15, -0.1) is 0 Å². The zero-order chi connectivity index (χ0) is 7.40. The predicted molar refractivity (Wildman–Crippen MR) is 41.6 cm³/mol. The zero-order valence-electron chi connectivity index (χ0n) is 6.68. The Kier molecular flexibility index (Phi) is 2.77. The van der Waals surface area contributed by atoms with E-state index >= 15 is 0 Å². The van der Waals surface area contributed by atoms with E-state index in [1.165, 1.54) is 6.42 Å². The number of hydrogen-bond donors (Lipinski definition) is 0. The van der Waals surface area contributed by atoms with Gasteiger partial charge in [-0.3, -0.25) is 0 Å². The lowest BCUT2D eigenvalue weighted by atomic mass is 10.2. The van der Waals surface area contributed by atoms with Crippen molar-refractivity contribution >= 4 is 0 Å². The lowest BCUT2D eigenvalue weighted by Crippen LogP contribution is -2.00. The van der Waals surface area contributed by atoms with Crippen molar-refractivity contribution in [2.24, 2.45) is 5.92 Å². The second-order valence-electron chi connectivity index (χ2n) is 2.95. The van der Waals surface area contributed by atoms with Gasteiger partial charge in [-0.2, -0.15) is 0 Å². The molecule has 0 aromatic heterocycles. The molecule has 1 nitrogen and oxygen atoms in total. The van der Waals surface area contributed by atoms with E-state index in [-0.39, 0.29) is 6.10 Å². The van der Waals surface area contributed by atoms with E-state index in [0.717, 1.165) is 13.0 Å². The van der Waals surface area contributed by atoms with Gasteiger partial charge in [-0.25, -0.2) is 0 Å². The minimum atomic E-state index is 0.238. The molecule has 1 aliphatic rings. The van der Waals surface area contributed by atoms with Crippen LogP contribution in [0.1, 0.15) is 26.7 Å². The predicted octanol–water partition coefficient (Wildman–Crippen LogP) is 1.82. The Labute approximate surface area is 62.8 Å². The fourth-order valence-electron chi connectivity index (χ4n) is 0.951. The molecular formula is C9H14O. The van der Waals surface area contributed by atoms with Crippen LogP contribution in [0.15, 0.2) is 0 Å². The van der Waals surface area contributed by atoms with Crippen molar-refractivity contribution in [3.8, 4) is 11.8 Å². The van der Waals surface area contributed by atoms with E-state index in [2.05, 4.69) is 25.7 Å². The highest BCUT2D eigenvalue weighted by molar-refractivity contribution is 5.07. The van der Waals surface area contributed by atoms with Crippen molar-refractivity contribution in [1.82, 2.24) is 0 Å². The van der Waals surface area contributed by atoms with E-state index in [1.807, 2.05) is 0 Å². The highest BCUT2D eigenvalue weighted by Gasteiger charge is 2.11. The molecule has 56 valence electrons. The van der Waals surface area contributed by atoms with Gasteiger partial charge >= 0.3 is 0 Å². The molecule has 1 saturated heterocycles. The van der Waals surface area contributed by atoms with Crippen molar-refractivity contribution in [1.29, 1.82) is 0 Å². The van der Waals surface area contributed by atoms with Gasteiger partial charge in [-0.1, -0.05) is 25.7 Å². The molecule has 0 saturated carbocycles. The van der Waals surface area contributed by atoms with Crippen LogP contribution in [0.5, 0.6) is 0 Å². The Bertz CT molecular complexity index is 144. The van der Waals surface area contributed by atoms with Crippen LogP contribution in [0.25, 0.3) is 0 Å². The Balaban J connectivity index is 2.31. The summed E-state index contributed by atoms with van der Waals surface area (Å²) in [7, 11) is 0. The molecule has 1 heterocycles. The van der Waals surface area contributed by atoms with E-state index in [0.29, 0.717) is 5.92 Å². The summed E-state index contributed by atoms with van der Waals surface area (Å²) in [4.78, 5) is 0. The van der Waals surface area contributed by atoms with E-state index in [1.54, 1.807) is 0 Å². The monoisotopic (exact) mass is 138 g/mol. The second kappa shape index (κ2) is 3.63. The lowest BCUT2D eigenvalue weighted by molar-refractivity contribution is 0.152.